The third-order valence-electron chi connectivity index (χ3n) is 4.36. The van der Waals surface area contributed by atoms with Crippen LogP contribution in [0, 0.1) is 0 Å². The Labute approximate surface area is 145 Å². The maximum Gasteiger partial charge on any atom is 0.193 e. The number of nitrogens with one attached hydrogen (secondary N) is 1. The molecule has 0 atom stereocenters. The minimum Gasteiger partial charge on any atom is -0.381 e. The van der Waals surface area contributed by atoms with Gasteiger partial charge in [-0.15, -0.1) is 0 Å². The molecule has 1 aliphatic heterocycles. The van der Waals surface area contributed by atoms with Crippen LogP contribution in [0.2, 0.25) is 0 Å². The largest absolute Gasteiger partial charge is 0.381 e. The summed E-state index contributed by atoms with van der Waals surface area (Å²) in [6, 6.07) is 6.37. The van der Waals surface area contributed by atoms with Gasteiger partial charge in [-0.05, 0) is 43.2 Å². The number of anilines is 1. The van der Waals surface area contributed by atoms with Gasteiger partial charge in [-0.1, -0.05) is 32.0 Å². The molecule has 0 radical (unpaired) electrons. The lowest BCUT2D eigenvalue weighted by Gasteiger charge is -2.22. The van der Waals surface area contributed by atoms with Crippen molar-refractivity contribution in [2.24, 2.45) is 10.7 Å². The molecule has 0 spiro atoms. The Balaban J connectivity index is 1.77. The molecule has 1 heterocycles. The second-order valence-electron chi connectivity index (χ2n) is 6.09. The van der Waals surface area contributed by atoms with Crippen LogP contribution >= 0.6 is 0 Å². The third-order valence-corrected chi connectivity index (χ3v) is 4.36. The van der Waals surface area contributed by atoms with Gasteiger partial charge in [0.2, 0.25) is 0 Å². The molecule has 0 aliphatic carbocycles. The van der Waals surface area contributed by atoms with E-state index in [-0.39, 0.29) is 0 Å². The molecule has 1 aromatic rings. The molecule has 1 fully saturated rings. The quantitative estimate of drug-likeness (QED) is 0.436. The summed E-state index contributed by atoms with van der Waals surface area (Å²) in [6.45, 7) is 7.35. The highest BCUT2D eigenvalue weighted by molar-refractivity contribution is 5.93. The summed E-state index contributed by atoms with van der Waals surface area (Å²) in [6.07, 6.45) is 5.18. The molecule has 1 aromatic carbocycles. The zero-order valence-corrected chi connectivity index (χ0v) is 15.0. The number of ether oxygens (including phenoxy) is 2. The second kappa shape index (κ2) is 10.3. The Morgan fingerprint density at radius 3 is 2.54 bits per heavy atom. The fraction of sp³-hybridized carbons (Fsp3) is 0.632. The number of rotatable bonds is 8. The molecule has 0 bridgehead atoms. The predicted molar refractivity (Wildman–Crippen MR) is 99.7 cm³/mol. The van der Waals surface area contributed by atoms with Gasteiger partial charge in [0.1, 0.15) is 0 Å². The van der Waals surface area contributed by atoms with Crippen LogP contribution in [0.3, 0.4) is 0 Å². The van der Waals surface area contributed by atoms with Crippen LogP contribution in [0.25, 0.3) is 0 Å². The van der Waals surface area contributed by atoms with E-state index in [9.17, 15) is 0 Å². The Morgan fingerprint density at radius 2 is 1.92 bits per heavy atom. The smallest absolute Gasteiger partial charge is 0.193 e. The van der Waals surface area contributed by atoms with Crippen LogP contribution in [0.1, 0.15) is 44.2 Å². The van der Waals surface area contributed by atoms with Gasteiger partial charge in [0.25, 0.3) is 0 Å². The van der Waals surface area contributed by atoms with Gasteiger partial charge in [0, 0.05) is 32.1 Å². The van der Waals surface area contributed by atoms with Crippen molar-refractivity contribution in [1.29, 1.82) is 0 Å². The molecule has 0 aromatic heterocycles. The highest BCUT2D eigenvalue weighted by Gasteiger charge is 2.13. The van der Waals surface area contributed by atoms with Crippen LogP contribution in [-0.4, -0.2) is 38.4 Å². The first-order valence-corrected chi connectivity index (χ1v) is 9.11. The summed E-state index contributed by atoms with van der Waals surface area (Å²) in [4.78, 5) is 4.43. The Morgan fingerprint density at radius 1 is 1.25 bits per heavy atom. The van der Waals surface area contributed by atoms with E-state index < -0.39 is 0 Å². The average molecular weight is 333 g/mol. The zero-order chi connectivity index (χ0) is 17.2. The topological polar surface area (TPSA) is 68.9 Å². The van der Waals surface area contributed by atoms with Gasteiger partial charge in [0.05, 0.1) is 6.10 Å². The zero-order valence-electron chi connectivity index (χ0n) is 15.0. The van der Waals surface area contributed by atoms with Crippen molar-refractivity contribution in [3.05, 3.63) is 29.3 Å². The molecule has 5 heteroatoms. The van der Waals surface area contributed by atoms with Crippen molar-refractivity contribution in [1.82, 2.24) is 0 Å². The van der Waals surface area contributed by atoms with E-state index in [0.29, 0.717) is 18.6 Å². The van der Waals surface area contributed by atoms with E-state index >= 15 is 0 Å². The highest BCUT2D eigenvalue weighted by Crippen LogP contribution is 2.22. The number of guanidine groups is 1. The SMILES string of the molecule is CCc1cccc(CC)c1NC(N)=NCCCOC1CCOCC1. The molecule has 2 rings (SSSR count). The lowest BCUT2D eigenvalue weighted by molar-refractivity contribution is -0.0318. The number of hydrogen-bond donors (Lipinski definition) is 2. The van der Waals surface area contributed by atoms with E-state index in [2.05, 4.69) is 42.4 Å². The maximum atomic E-state index is 6.06. The highest BCUT2D eigenvalue weighted by atomic mass is 16.5. The molecular formula is C19H31N3O2. The average Bonchev–Trinajstić information content (AvgIpc) is 2.62. The molecular weight excluding hydrogens is 302 g/mol. The van der Waals surface area contributed by atoms with Gasteiger partial charge < -0.3 is 20.5 Å². The van der Waals surface area contributed by atoms with E-state index in [4.69, 9.17) is 15.2 Å². The summed E-state index contributed by atoms with van der Waals surface area (Å²) in [5, 5.41) is 3.29. The molecule has 0 unspecified atom stereocenters. The van der Waals surface area contributed by atoms with Crippen molar-refractivity contribution in [2.75, 3.05) is 31.7 Å². The lowest BCUT2D eigenvalue weighted by atomic mass is 10.0. The molecule has 0 saturated carbocycles. The normalized spacial score (nSPS) is 16.3. The fourth-order valence-electron chi connectivity index (χ4n) is 2.93. The van der Waals surface area contributed by atoms with Gasteiger partial charge in [-0.25, -0.2) is 0 Å². The number of aryl methyl sites for hydroxylation is 2. The summed E-state index contributed by atoms with van der Waals surface area (Å²) in [7, 11) is 0. The van der Waals surface area contributed by atoms with E-state index in [0.717, 1.165) is 57.6 Å². The van der Waals surface area contributed by atoms with Crippen molar-refractivity contribution in [2.45, 2.75) is 52.1 Å². The number of para-hydroxylation sites is 1. The Bertz CT molecular complexity index is 503. The van der Waals surface area contributed by atoms with Crippen molar-refractivity contribution in [3.8, 4) is 0 Å². The molecule has 1 aliphatic rings. The van der Waals surface area contributed by atoms with E-state index in [1.807, 2.05) is 0 Å². The van der Waals surface area contributed by atoms with Crippen molar-refractivity contribution < 1.29 is 9.47 Å². The van der Waals surface area contributed by atoms with Crippen LogP contribution in [0.5, 0.6) is 0 Å². The maximum absolute atomic E-state index is 6.06. The standard InChI is InChI=1S/C19H31N3O2/c1-3-15-7-5-8-16(4-2)18(15)22-19(20)21-11-6-12-24-17-9-13-23-14-10-17/h5,7-8,17H,3-4,6,9-14H2,1-2H3,(H3,20,21,22). The molecule has 5 nitrogen and oxygen atoms in total. The molecule has 0 amide bonds. The number of benzene rings is 1. The number of nitrogens with zero attached hydrogens (tertiary/aromatic N) is 1. The molecule has 24 heavy (non-hydrogen) atoms. The second-order valence-corrected chi connectivity index (χ2v) is 6.09. The summed E-state index contributed by atoms with van der Waals surface area (Å²) < 4.78 is 11.2. The summed E-state index contributed by atoms with van der Waals surface area (Å²) in [5.41, 5.74) is 9.72. The number of hydrogen-bond acceptors (Lipinski definition) is 3. The van der Waals surface area contributed by atoms with E-state index in [1.165, 1.54) is 11.1 Å². The summed E-state index contributed by atoms with van der Waals surface area (Å²) >= 11 is 0. The Hall–Kier alpha value is -1.59. The predicted octanol–water partition coefficient (Wildman–Crippen LogP) is 3.12. The molecule has 1 saturated heterocycles. The van der Waals surface area contributed by atoms with Gasteiger partial charge in [-0.3, -0.25) is 4.99 Å². The lowest BCUT2D eigenvalue weighted by Crippen LogP contribution is -2.25. The van der Waals surface area contributed by atoms with Crippen LogP contribution < -0.4 is 11.1 Å². The number of nitrogens with two attached hydrogens (primary N) is 1. The van der Waals surface area contributed by atoms with Gasteiger partial charge >= 0.3 is 0 Å². The van der Waals surface area contributed by atoms with Crippen LogP contribution in [0.15, 0.2) is 23.2 Å². The molecule has 3 N–H and O–H groups in total. The number of aliphatic imine (C=N–C) groups is 1. The first-order valence-electron chi connectivity index (χ1n) is 9.11. The summed E-state index contributed by atoms with van der Waals surface area (Å²) in [5.74, 6) is 0.483. The monoisotopic (exact) mass is 333 g/mol. The van der Waals surface area contributed by atoms with Crippen LogP contribution in [0.4, 0.5) is 5.69 Å². The Kier molecular flexibility index (Phi) is 8.05. The van der Waals surface area contributed by atoms with Crippen molar-refractivity contribution in [3.63, 3.8) is 0 Å². The van der Waals surface area contributed by atoms with Gasteiger partial charge in [-0.2, -0.15) is 0 Å². The van der Waals surface area contributed by atoms with Gasteiger partial charge in [0.15, 0.2) is 5.96 Å². The third kappa shape index (κ3) is 5.80. The van der Waals surface area contributed by atoms with Crippen molar-refractivity contribution >= 4 is 11.6 Å². The van der Waals surface area contributed by atoms with Crippen LogP contribution in [-0.2, 0) is 22.3 Å². The minimum absolute atomic E-state index is 0.349. The first kappa shape index (κ1) is 18.7. The first-order chi connectivity index (χ1) is 11.7. The van der Waals surface area contributed by atoms with E-state index in [1.54, 1.807) is 0 Å². The minimum atomic E-state index is 0.349. The fourth-order valence-corrected chi connectivity index (χ4v) is 2.93. The molecule has 134 valence electrons.